The molecule has 0 aliphatic heterocycles. The third-order valence-corrected chi connectivity index (χ3v) is 3.95. The van der Waals surface area contributed by atoms with Gasteiger partial charge in [-0.2, -0.15) is 0 Å². The Labute approximate surface area is 153 Å². The minimum atomic E-state index is -1.15. The number of amides is 2. The Morgan fingerprint density at radius 2 is 1.88 bits per heavy atom. The molecule has 0 fully saturated rings. The Kier molecular flexibility index (Phi) is 8.71. The van der Waals surface area contributed by atoms with Crippen molar-refractivity contribution in [3.05, 3.63) is 35.9 Å². The third-order valence-electron chi connectivity index (χ3n) is 3.95. The van der Waals surface area contributed by atoms with E-state index in [0.717, 1.165) is 5.56 Å². The molecule has 3 atom stereocenters. The summed E-state index contributed by atoms with van der Waals surface area (Å²) in [6.45, 7) is 3.42. The molecule has 0 radical (unpaired) electrons. The topological polar surface area (TPSA) is 105 Å². The normalized spacial score (nSPS) is 13.6. The third kappa shape index (κ3) is 6.85. The van der Waals surface area contributed by atoms with Crippen LogP contribution in [0.5, 0.6) is 0 Å². The van der Waals surface area contributed by atoms with Gasteiger partial charge in [-0.15, -0.1) is 6.42 Å². The van der Waals surface area contributed by atoms with Crippen LogP contribution in [0.15, 0.2) is 30.3 Å². The van der Waals surface area contributed by atoms with Gasteiger partial charge in [0.1, 0.15) is 12.1 Å². The molecule has 0 heterocycles. The van der Waals surface area contributed by atoms with Gasteiger partial charge in [-0.25, -0.2) is 9.59 Å². The average Bonchev–Trinajstić information content (AvgIpc) is 2.63. The van der Waals surface area contributed by atoms with Crippen LogP contribution in [0.4, 0.5) is 4.79 Å². The van der Waals surface area contributed by atoms with Crippen LogP contribution < -0.4 is 10.6 Å². The van der Waals surface area contributed by atoms with E-state index >= 15 is 0 Å². The zero-order chi connectivity index (χ0) is 19.5. The Morgan fingerprint density at radius 1 is 1.23 bits per heavy atom. The molecule has 7 nitrogen and oxygen atoms in total. The maximum Gasteiger partial charge on any atom is 0.408 e. The lowest BCUT2D eigenvalue weighted by Gasteiger charge is -2.25. The summed E-state index contributed by atoms with van der Waals surface area (Å²) in [6, 6.07) is 6.93. The van der Waals surface area contributed by atoms with E-state index in [1.807, 2.05) is 13.0 Å². The number of hydrogen-bond donors (Lipinski definition) is 3. The van der Waals surface area contributed by atoms with Gasteiger partial charge in [0.2, 0.25) is 5.91 Å². The van der Waals surface area contributed by atoms with Crippen molar-refractivity contribution in [2.45, 2.75) is 38.8 Å². The van der Waals surface area contributed by atoms with Crippen LogP contribution in [0.25, 0.3) is 0 Å². The van der Waals surface area contributed by atoms with E-state index < -0.39 is 30.1 Å². The first-order valence-corrected chi connectivity index (χ1v) is 8.32. The number of terminal acetylenes is 1. The molecule has 1 aromatic carbocycles. The van der Waals surface area contributed by atoms with Crippen molar-refractivity contribution in [3.63, 3.8) is 0 Å². The number of benzene rings is 1. The van der Waals surface area contributed by atoms with Crippen LogP contribution in [0, 0.1) is 18.3 Å². The number of carboxylic acid groups (broad SMARTS) is 1. The van der Waals surface area contributed by atoms with Gasteiger partial charge in [0, 0.05) is 6.42 Å². The number of aliphatic carboxylic acids is 1. The Hall–Kier alpha value is -3.01. The van der Waals surface area contributed by atoms with Gasteiger partial charge in [-0.1, -0.05) is 56.5 Å². The molecule has 0 unspecified atom stereocenters. The first-order valence-electron chi connectivity index (χ1n) is 8.32. The molecule has 0 saturated heterocycles. The van der Waals surface area contributed by atoms with E-state index in [1.165, 1.54) is 0 Å². The number of carboxylic acids is 1. The fourth-order valence-corrected chi connectivity index (χ4v) is 2.29. The Balaban J connectivity index is 2.82. The van der Waals surface area contributed by atoms with Crippen molar-refractivity contribution < 1.29 is 24.2 Å². The molecule has 0 saturated carbocycles. The van der Waals surface area contributed by atoms with Gasteiger partial charge in [-0.3, -0.25) is 4.79 Å². The van der Waals surface area contributed by atoms with Crippen LogP contribution in [0.3, 0.4) is 0 Å². The van der Waals surface area contributed by atoms with E-state index in [-0.39, 0.29) is 18.9 Å². The summed E-state index contributed by atoms with van der Waals surface area (Å²) in [4.78, 5) is 35.8. The zero-order valence-electron chi connectivity index (χ0n) is 14.9. The summed E-state index contributed by atoms with van der Waals surface area (Å²) < 4.78 is 4.73. The predicted octanol–water partition coefficient (Wildman–Crippen LogP) is 1.57. The van der Waals surface area contributed by atoms with Gasteiger partial charge in [0.25, 0.3) is 0 Å². The van der Waals surface area contributed by atoms with Crippen LogP contribution in [-0.4, -0.2) is 41.8 Å². The molecule has 0 bridgehead atoms. The highest BCUT2D eigenvalue weighted by Gasteiger charge is 2.30. The fraction of sp³-hybridized carbons (Fsp3) is 0.421. The van der Waals surface area contributed by atoms with Gasteiger partial charge in [0.15, 0.2) is 6.61 Å². The number of alkyl carbamates (subject to hydrolysis) is 1. The van der Waals surface area contributed by atoms with Crippen LogP contribution in [0.2, 0.25) is 0 Å². The number of rotatable bonds is 9. The number of ether oxygens (including phenoxy) is 1. The highest BCUT2D eigenvalue weighted by molar-refractivity contribution is 5.89. The lowest BCUT2D eigenvalue weighted by atomic mass is 9.97. The van der Waals surface area contributed by atoms with Gasteiger partial charge in [-0.05, 0) is 11.5 Å². The molecular weight excluding hydrogens is 336 g/mol. The van der Waals surface area contributed by atoms with Crippen LogP contribution in [-0.2, 0) is 20.7 Å². The molecule has 1 rings (SSSR count). The highest BCUT2D eigenvalue weighted by Crippen LogP contribution is 2.10. The molecule has 0 aliphatic rings. The van der Waals surface area contributed by atoms with E-state index in [1.54, 1.807) is 31.2 Å². The fourth-order valence-electron chi connectivity index (χ4n) is 2.29. The smallest absolute Gasteiger partial charge is 0.408 e. The Bertz CT molecular complexity index is 654. The van der Waals surface area contributed by atoms with Crippen molar-refractivity contribution in [3.8, 4) is 12.3 Å². The number of hydrogen-bond acceptors (Lipinski definition) is 4. The maximum atomic E-state index is 12.6. The van der Waals surface area contributed by atoms with E-state index in [4.69, 9.17) is 11.2 Å². The first-order chi connectivity index (χ1) is 12.4. The molecular formula is C19H24N2O5. The van der Waals surface area contributed by atoms with Crippen molar-refractivity contribution in [1.82, 2.24) is 10.6 Å². The first kappa shape index (κ1) is 21.0. The minimum Gasteiger partial charge on any atom is -0.480 e. The molecule has 0 spiro atoms. The van der Waals surface area contributed by atoms with Crippen molar-refractivity contribution in [1.29, 1.82) is 0 Å². The summed E-state index contributed by atoms with van der Waals surface area (Å²) in [5.41, 5.74) is 0.779. The second-order valence-electron chi connectivity index (χ2n) is 5.88. The van der Waals surface area contributed by atoms with Crippen LogP contribution >= 0.6 is 0 Å². The van der Waals surface area contributed by atoms with Crippen molar-refractivity contribution in [2.75, 3.05) is 6.61 Å². The predicted molar refractivity (Wildman–Crippen MR) is 96.3 cm³/mol. The molecule has 2 amide bonds. The molecule has 1 aromatic rings. The lowest BCUT2D eigenvalue weighted by molar-refractivity contribution is -0.142. The van der Waals surface area contributed by atoms with Gasteiger partial charge >= 0.3 is 12.1 Å². The monoisotopic (exact) mass is 360 g/mol. The molecule has 0 aromatic heterocycles. The van der Waals surface area contributed by atoms with E-state index in [0.29, 0.717) is 6.42 Å². The highest BCUT2D eigenvalue weighted by atomic mass is 16.5. The summed E-state index contributed by atoms with van der Waals surface area (Å²) in [6.07, 6.45) is 4.94. The lowest BCUT2D eigenvalue weighted by Crippen LogP contribution is -2.54. The van der Waals surface area contributed by atoms with Crippen molar-refractivity contribution >= 4 is 18.0 Å². The molecule has 26 heavy (non-hydrogen) atoms. The second kappa shape index (κ2) is 10.8. The largest absolute Gasteiger partial charge is 0.480 e. The van der Waals surface area contributed by atoms with Gasteiger partial charge < -0.3 is 20.5 Å². The Morgan fingerprint density at radius 3 is 2.42 bits per heavy atom. The van der Waals surface area contributed by atoms with E-state index in [9.17, 15) is 19.5 Å². The van der Waals surface area contributed by atoms with Gasteiger partial charge in [0.05, 0.1) is 0 Å². The molecule has 3 N–H and O–H groups in total. The summed E-state index contributed by atoms with van der Waals surface area (Å²) in [5.74, 6) is 0.199. The minimum absolute atomic E-state index is 0.136. The van der Waals surface area contributed by atoms with Crippen molar-refractivity contribution in [2.24, 2.45) is 5.92 Å². The standard InChI is InChI=1S/C19H24N2O5/c1-4-11-26-19(25)21-16(13(3)5-2)17(22)20-15(18(23)24)12-14-9-7-6-8-10-14/h1,6-10,13,15-16H,5,11-12H2,2-3H3,(H,20,22)(H,21,25)(H,23,24)/t13-,15-,16-/m0/s1. The number of nitrogens with one attached hydrogen (secondary N) is 2. The quantitative estimate of drug-likeness (QED) is 0.580. The zero-order valence-corrected chi connectivity index (χ0v) is 14.9. The summed E-state index contributed by atoms with van der Waals surface area (Å²) in [5, 5.41) is 14.4. The molecule has 7 heteroatoms. The average molecular weight is 360 g/mol. The molecule has 140 valence electrons. The summed E-state index contributed by atoms with van der Waals surface area (Å²) in [7, 11) is 0. The second-order valence-corrected chi connectivity index (χ2v) is 5.88. The maximum absolute atomic E-state index is 12.6. The van der Waals surface area contributed by atoms with Crippen LogP contribution in [0.1, 0.15) is 25.8 Å². The number of carbonyl (C=O) groups is 3. The van der Waals surface area contributed by atoms with E-state index in [2.05, 4.69) is 16.6 Å². The molecule has 0 aliphatic carbocycles. The SMILES string of the molecule is C#CCOC(=O)N[C@H](C(=O)N[C@@H](Cc1ccccc1)C(=O)O)[C@@H](C)CC. The number of carbonyl (C=O) groups excluding carboxylic acids is 2. The summed E-state index contributed by atoms with van der Waals surface area (Å²) >= 11 is 0.